The molecule has 4 nitrogen and oxygen atoms in total. The quantitative estimate of drug-likeness (QED) is 0.861. The zero-order valence-electron chi connectivity index (χ0n) is 12.1. The van der Waals surface area contributed by atoms with Crippen molar-refractivity contribution in [2.24, 2.45) is 0 Å². The molecule has 1 atom stereocenters. The second kappa shape index (κ2) is 6.27. The van der Waals surface area contributed by atoms with E-state index in [0.717, 1.165) is 28.8 Å². The number of carbonyl (C=O) groups excluding carboxylic acids is 1. The molecular formula is C15H20ClN3O. The van der Waals surface area contributed by atoms with Crippen LogP contribution in [-0.2, 0) is 11.3 Å². The largest absolute Gasteiger partial charge is 0.355 e. The molecule has 1 aromatic carbocycles. The van der Waals surface area contributed by atoms with E-state index < -0.39 is 0 Å². The lowest BCUT2D eigenvalue weighted by Gasteiger charge is -2.10. The first-order chi connectivity index (χ1) is 9.54. The molecule has 2 aromatic rings. The number of amides is 1. The summed E-state index contributed by atoms with van der Waals surface area (Å²) in [5, 5.41) is 2.65. The molecular weight excluding hydrogens is 274 g/mol. The highest BCUT2D eigenvalue weighted by molar-refractivity contribution is 6.20. The van der Waals surface area contributed by atoms with Crippen LogP contribution in [0.5, 0.6) is 0 Å². The van der Waals surface area contributed by atoms with Crippen LogP contribution in [0.3, 0.4) is 0 Å². The minimum absolute atomic E-state index is 0.00813. The Hall–Kier alpha value is -1.55. The number of nitrogens with zero attached hydrogens (tertiary/aromatic N) is 2. The fourth-order valence-corrected chi connectivity index (χ4v) is 2.41. The monoisotopic (exact) mass is 293 g/mol. The predicted octanol–water partition coefficient (Wildman–Crippen LogP) is 3.17. The number of para-hydroxylation sites is 1. The summed E-state index contributed by atoms with van der Waals surface area (Å²) >= 11 is 6.20. The third-order valence-corrected chi connectivity index (χ3v) is 3.44. The van der Waals surface area contributed by atoms with Crippen molar-refractivity contribution in [3.05, 3.63) is 29.6 Å². The lowest BCUT2D eigenvalue weighted by atomic mass is 10.2. The molecule has 0 saturated carbocycles. The normalized spacial score (nSPS) is 12.6. The predicted molar refractivity (Wildman–Crippen MR) is 82.0 cm³/mol. The highest BCUT2D eigenvalue weighted by Crippen LogP contribution is 2.26. The molecule has 5 heteroatoms. The van der Waals surface area contributed by atoms with Gasteiger partial charge in [-0.1, -0.05) is 19.1 Å². The second-order valence-corrected chi connectivity index (χ2v) is 5.62. The summed E-state index contributed by atoms with van der Waals surface area (Å²) in [5.41, 5.74) is 2.96. The Bertz CT molecular complexity index is 619. The van der Waals surface area contributed by atoms with Crippen LogP contribution in [0.2, 0.25) is 0 Å². The molecule has 0 aliphatic rings. The van der Waals surface area contributed by atoms with Gasteiger partial charge < -0.3 is 9.88 Å². The number of fused-ring (bicyclic) bond motifs is 1. The first kappa shape index (κ1) is 14.9. The maximum atomic E-state index is 12.0. The van der Waals surface area contributed by atoms with Crippen LogP contribution >= 0.6 is 11.6 Å². The number of nitrogens with one attached hydrogen (secondary N) is 1. The van der Waals surface area contributed by atoms with Gasteiger partial charge in [0.15, 0.2) is 0 Å². The van der Waals surface area contributed by atoms with E-state index in [1.165, 1.54) is 0 Å². The molecule has 0 bridgehead atoms. The highest BCUT2D eigenvalue weighted by Gasteiger charge is 2.17. The summed E-state index contributed by atoms with van der Waals surface area (Å²) in [5.74, 6) is 0.730. The Labute approximate surface area is 124 Å². The molecule has 108 valence electrons. The summed E-state index contributed by atoms with van der Waals surface area (Å²) in [7, 11) is 0. The molecule has 1 N–H and O–H groups in total. The van der Waals surface area contributed by atoms with Gasteiger partial charge in [-0.25, -0.2) is 4.98 Å². The van der Waals surface area contributed by atoms with E-state index in [2.05, 4.69) is 10.3 Å². The lowest BCUT2D eigenvalue weighted by molar-refractivity contribution is -0.121. The van der Waals surface area contributed by atoms with Crippen LogP contribution in [0.15, 0.2) is 18.2 Å². The van der Waals surface area contributed by atoms with Crippen LogP contribution in [0.1, 0.15) is 37.0 Å². The number of hydrogen-bond acceptors (Lipinski definition) is 2. The fraction of sp³-hybridized carbons (Fsp3) is 0.467. The van der Waals surface area contributed by atoms with E-state index in [1.54, 1.807) is 0 Å². The van der Waals surface area contributed by atoms with Crippen molar-refractivity contribution in [3.8, 4) is 0 Å². The number of hydrogen-bond donors (Lipinski definition) is 1. The van der Waals surface area contributed by atoms with Crippen molar-refractivity contribution in [2.45, 2.75) is 39.1 Å². The Kier molecular flexibility index (Phi) is 4.65. The van der Waals surface area contributed by atoms with Gasteiger partial charge in [-0.15, -0.1) is 11.6 Å². The zero-order valence-corrected chi connectivity index (χ0v) is 12.9. The van der Waals surface area contributed by atoms with Crippen LogP contribution in [0, 0.1) is 6.92 Å². The zero-order chi connectivity index (χ0) is 14.7. The van der Waals surface area contributed by atoms with Crippen LogP contribution in [0.4, 0.5) is 0 Å². The van der Waals surface area contributed by atoms with Crippen molar-refractivity contribution in [3.63, 3.8) is 0 Å². The molecule has 1 aromatic heterocycles. The van der Waals surface area contributed by atoms with E-state index in [0.29, 0.717) is 6.54 Å². The number of alkyl halides is 1. The van der Waals surface area contributed by atoms with Gasteiger partial charge in [0.05, 0.1) is 16.4 Å². The van der Waals surface area contributed by atoms with Crippen LogP contribution in [0.25, 0.3) is 11.0 Å². The minimum atomic E-state index is -0.235. The van der Waals surface area contributed by atoms with E-state index in [4.69, 9.17) is 11.6 Å². The number of rotatable bonds is 5. The maximum absolute atomic E-state index is 12.0. The fourth-order valence-electron chi connectivity index (χ4n) is 2.24. The average molecular weight is 294 g/mol. The summed E-state index contributed by atoms with van der Waals surface area (Å²) in [6.45, 7) is 6.86. The van der Waals surface area contributed by atoms with Gasteiger partial charge in [0, 0.05) is 6.54 Å². The smallest absolute Gasteiger partial charge is 0.240 e. The van der Waals surface area contributed by atoms with Crippen LogP contribution < -0.4 is 5.32 Å². The van der Waals surface area contributed by atoms with Crippen molar-refractivity contribution in [2.75, 3.05) is 6.54 Å². The Balaban J connectivity index is 2.41. The van der Waals surface area contributed by atoms with E-state index in [9.17, 15) is 4.79 Å². The van der Waals surface area contributed by atoms with Crippen molar-refractivity contribution >= 4 is 28.5 Å². The molecule has 20 heavy (non-hydrogen) atoms. The molecule has 1 heterocycles. The van der Waals surface area contributed by atoms with Gasteiger partial charge in [-0.3, -0.25) is 4.79 Å². The first-order valence-electron chi connectivity index (χ1n) is 6.91. The second-order valence-electron chi connectivity index (χ2n) is 4.96. The lowest BCUT2D eigenvalue weighted by Crippen LogP contribution is -2.28. The molecule has 1 unspecified atom stereocenters. The van der Waals surface area contributed by atoms with Gasteiger partial charge in [0.2, 0.25) is 5.91 Å². The molecule has 0 radical (unpaired) electrons. The Morgan fingerprint density at radius 3 is 2.90 bits per heavy atom. The van der Waals surface area contributed by atoms with Gasteiger partial charge in [0.25, 0.3) is 0 Å². The minimum Gasteiger partial charge on any atom is -0.355 e. The standard InChI is InChI=1S/C15H20ClN3O/c1-4-8-17-13(20)9-19-12-7-5-6-10(2)14(12)18-15(19)11(3)16/h5-7,11H,4,8-9H2,1-3H3,(H,17,20). The van der Waals surface area contributed by atoms with Gasteiger partial charge in [-0.05, 0) is 31.9 Å². The SMILES string of the molecule is CCCNC(=O)Cn1c(C(C)Cl)nc2c(C)cccc21. The Morgan fingerprint density at radius 2 is 2.25 bits per heavy atom. The number of imidazole rings is 1. The molecule has 0 fully saturated rings. The summed E-state index contributed by atoms with van der Waals surface area (Å²) in [4.78, 5) is 16.6. The van der Waals surface area contributed by atoms with Crippen LogP contribution in [-0.4, -0.2) is 22.0 Å². The number of benzene rings is 1. The molecule has 0 aliphatic heterocycles. The first-order valence-corrected chi connectivity index (χ1v) is 7.34. The molecule has 0 saturated heterocycles. The maximum Gasteiger partial charge on any atom is 0.240 e. The van der Waals surface area contributed by atoms with Crippen molar-refractivity contribution in [1.82, 2.24) is 14.9 Å². The average Bonchev–Trinajstić information content (AvgIpc) is 2.77. The molecule has 2 rings (SSSR count). The Morgan fingerprint density at radius 1 is 1.50 bits per heavy atom. The third-order valence-electron chi connectivity index (χ3n) is 3.24. The summed E-state index contributed by atoms with van der Waals surface area (Å²) in [6, 6.07) is 5.97. The molecule has 0 aliphatic carbocycles. The van der Waals surface area contributed by atoms with Gasteiger partial charge in [-0.2, -0.15) is 0 Å². The summed E-state index contributed by atoms with van der Waals surface area (Å²) < 4.78 is 1.91. The van der Waals surface area contributed by atoms with Crippen molar-refractivity contribution < 1.29 is 4.79 Å². The topological polar surface area (TPSA) is 46.9 Å². The van der Waals surface area contributed by atoms with Gasteiger partial charge in [0.1, 0.15) is 12.4 Å². The number of halogens is 1. The third kappa shape index (κ3) is 2.96. The summed E-state index contributed by atoms with van der Waals surface area (Å²) in [6.07, 6.45) is 0.925. The number of aromatic nitrogens is 2. The van der Waals surface area contributed by atoms with Crippen molar-refractivity contribution in [1.29, 1.82) is 0 Å². The number of carbonyl (C=O) groups is 1. The molecule has 0 spiro atoms. The molecule has 1 amide bonds. The highest BCUT2D eigenvalue weighted by atomic mass is 35.5. The van der Waals surface area contributed by atoms with E-state index in [1.807, 2.05) is 43.5 Å². The van der Waals surface area contributed by atoms with E-state index >= 15 is 0 Å². The van der Waals surface area contributed by atoms with E-state index in [-0.39, 0.29) is 17.8 Å². The van der Waals surface area contributed by atoms with Gasteiger partial charge >= 0.3 is 0 Å². The number of aryl methyl sites for hydroxylation is 1.